The number of amides is 5. The van der Waals surface area contributed by atoms with E-state index in [2.05, 4.69) is 49.5 Å². The first-order valence-corrected chi connectivity index (χ1v) is 42.7. The Kier molecular flexibility index (Phi) is 32.5. The second-order valence-electron chi connectivity index (χ2n) is 31.9. The van der Waals surface area contributed by atoms with Gasteiger partial charge in [-0.3, -0.25) is 38.1 Å². The van der Waals surface area contributed by atoms with Gasteiger partial charge in [0, 0.05) is 67.5 Å². The van der Waals surface area contributed by atoms with E-state index in [1.54, 1.807) is 13.8 Å². The number of aliphatic hydroxyl groups is 6. The highest BCUT2D eigenvalue weighted by Crippen LogP contribution is 2.51. The van der Waals surface area contributed by atoms with E-state index in [0.717, 1.165) is 80.4 Å². The quantitative estimate of drug-likeness (QED) is 0.0219. The fourth-order valence-electron chi connectivity index (χ4n) is 15.7. The number of carbonyl (C=O) groups is 8. The molecule has 0 aliphatic carbocycles. The van der Waals surface area contributed by atoms with Crippen LogP contribution < -0.4 is 62.5 Å². The molecule has 12 rings (SSSR count). The third-order valence-electron chi connectivity index (χ3n) is 22.3. The number of carbonyl (C=O) groups excluding carboxylic acids is 7. The summed E-state index contributed by atoms with van der Waals surface area (Å²) in [7, 11) is -3.35. The Morgan fingerprint density at radius 2 is 1.36 bits per heavy atom. The number of fused-ring (bicyclic) bond motifs is 15. The van der Waals surface area contributed by atoms with Crippen molar-refractivity contribution in [3.8, 4) is 57.1 Å². The summed E-state index contributed by atoms with van der Waals surface area (Å²) in [5.74, 6) is -19.8. The molecule has 7 heterocycles. The first-order chi connectivity index (χ1) is 57.3. The van der Waals surface area contributed by atoms with Crippen molar-refractivity contribution in [1.82, 2.24) is 42.5 Å². The van der Waals surface area contributed by atoms with Gasteiger partial charge >= 0.3 is 13.6 Å². The summed E-state index contributed by atoms with van der Waals surface area (Å²) in [6.07, 6.45) is -12.4. The third kappa shape index (κ3) is 23.2. The Balaban J connectivity index is 1.17. The molecule has 7 aliphatic rings. The molecule has 22 N–H and O–H groups in total. The number of ketones is 2. The number of phenolic OH excluding ortho intramolecular Hbond substituents is 3. The zero-order chi connectivity index (χ0) is 88.2. The van der Waals surface area contributed by atoms with Gasteiger partial charge in [-0.15, -0.1) is 0 Å². The molecule has 5 aromatic carbocycles. The number of Topliss-reactive ketones (excluding diaryl/α,β-unsaturated/α-hetero) is 2. The molecule has 0 saturated carbocycles. The molecule has 0 aromatic heterocycles. The number of halogens is 2. The minimum atomic E-state index is -4.84. The SMILES string of the molecule is CCCCCCCCCCNCCNC1(C)CC(OC2C(Oc3c4cc5cc3Oc3ccc(cc3Cl)[C@@H](O)[C@@H](NC(=O)[C@@H](CC(C)C)NC)C(=O)C[C@@H](CC(N)=O)C(=O)N[C@H]5C(=O)C[C@H]3C(=O)N[C@H](C(=O)N[C@H](C(=O)O)c5cc(O)c(CNCP(=O)(O)O)c(O)c5-c5cc3ccc5O)[C@H](O)c3ccc(c(Cl)c3)O4)OC(CO)C(O)C2O)OC(C)C1O. The molecular formula is C82H108Cl2N9O27P. The van der Waals surface area contributed by atoms with Crippen LogP contribution in [0.4, 0.5) is 0 Å². The third-order valence-corrected chi connectivity index (χ3v) is 23.5. The van der Waals surface area contributed by atoms with Crippen LogP contribution in [0, 0.1) is 11.8 Å². The van der Waals surface area contributed by atoms with E-state index >= 15 is 24.0 Å². The number of aliphatic hydroxyl groups excluding tert-OH is 6. The van der Waals surface area contributed by atoms with Crippen molar-refractivity contribution in [3.05, 3.63) is 116 Å². The van der Waals surface area contributed by atoms with Gasteiger partial charge in [0.05, 0.1) is 58.6 Å². The van der Waals surface area contributed by atoms with Gasteiger partial charge in [-0.25, -0.2) is 4.79 Å². The summed E-state index contributed by atoms with van der Waals surface area (Å²) < 4.78 is 51.6. The number of nitrogens with one attached hydrogen (secondary N) is 8. The molecule has 5 amide bonds. The lowest BCUT2D eigenvalue weighted by molar-refractivity contribution is -0.334. The molecule has 18 atom stereocenters. The lowest BCUT2D eigenvalue weighted by Crippen LogP contribution is -2.65. The number of primary amides is 1. The van der Waals surface area contributed by atoms with Crippen LogP contribution in [0.25, 0.3) is 11.1 Å². The van der Waals surface area contributed by atoms with E-state index in [-0.39, 0.29) is 46.2 Å². The van der Waals surface area contributed by atoms with E-state index in [1.165, 1.54) is 57.4 Å². The zero-order valence-corrected chi connectivity index (χ0v) is 69.9. The number of carboxylic acids is 1. The fraction of sp³-hybridized carbons (Fsp3) is 0.537. The average molecular weight is 1750 g/mol. The van der Waals surface area contributed by atoms with Crippen LogP contribution in [0.15, 0.2) is 72.8 Å². The fourth-order valence-corrected chi connectivity index (χ4v) is 16.5. The highest BCUT2D eigenvalue weighted by molar-refractivity contribution is 7.51. The Morgan fingerprint density at radius 3 is 1.96 bits per heavy atom. The Bertz CT molecular complexity index is 4640. The highest BCUT2D eigenvalue weighted by atomic mass is 35.5. The standard InChI is InChI=1S/C82H108Cl2N9O27P/c1-7-8-9-10-11-12-13-14-21-87-22-23-89-82(5)34-62(115-39(4)75(82)105)119-74-72(104)71(103)60(36-94)118-81(74)120-73-58-29-43-30-59(73)117-57-20-17-42(27-50(57)84)69(101)67-79(109)91-65(80(110)111)47-33-53(96)48(35-88-37-121(112,113)114)70(102)63(47)46-25-40(15-18-52(46)95)45(77(107)93-67)32-55(98)64(43)90-76(106)44(31-61(85)99)28-54(97)66(92-78(108)51(86-6)24-38(2)3)68(100)41-16-19-56(116-58)49(83)26-41/h15-20,25-27,29-30,33,38-39,44-45,51,60,62,64-69,71-72,74-75,81,86-89,94-96,100-105H,7-14,21-24,28,31-32,34-37H2,1-6H3,(H2,85,99)(H,90,106)(H,91,109)(H,92,108)(H,93,107)(H,110,111)(H2,112,113,114)/t39?,44-,45+,51+,60?,62?,64+,65-,66-,67-,68+,69+,71?,72?,74?,75?,81?,82?/m0/s1. The van der Waals surface area contributed by atoms with Crippen molar-refractivity contribution in [1.29, 1.82) is 0 Å². The molecule has 0 spiro atoms. The van der Waals surface area contributed by atoms with E-state index < -0.39 is 275 Å². The number of benzene rings is 5. The lowest BCUT2D eigenvalue weighted by Gasteiger charge is -2.48. The number of phenols is 3. The molecular weight excluding hydrogens is 1640 g/mol. The maximum atomic E-state index is 16.5. The lowest BCUT2D eigenvalue weighted by atomic mass is 9.84. The number of carboxylic acid groups (broad SMARTS) is 1. The van der Waals surface area contributed by atoms with E-state index in [9.17, 15) is 79.8 Å². The van der Waals surface area contributed by atoms with Crippen LogP contribution in [0.3, 0.4) is 0 Å². The van der Waals surface area contributed by atoms with Crippen molar-refractivity contribution in [2.45, 2.75) is 228 Å². The number of nitrogens with two attached hydrogens (primary N) is 1. The van der Waals surface area contributed by atoms with Gasteiger partial charge in [-0.2, -0.15) is 0 Å². The summed E-state index contributed by atoms with van der Waals surface area (Å²) in [6, 6.07) is 3.02. The van der Waals surface area contributed by atoms with Crippen molar-refractivity contribution in [3.63, 3.8) is 0 Å². The normalized spacial score (nSPS) is 26.8. The van der Waals surface area contributed by atoms with Gasteiger partial charge in [0.1, 0.15) is 77.4 Å². The predicted molar refractivity (Wildman–Crippen MR) is 435 cm³/mol. The highest BCUT2D eigenvalue weighted by Gasteiger charge is 2.52. The molecule has 39 heteroatoms. The second kappa shape index (κ2) is 41.6. The molecule has 662 valence electrons. The van der Waals surface area contributed by atoms with E-state index in [0.29, 0.717) is 13.1 Å². The second-order valence-corrected chi connectivity index (χ2v) is 34.3. The summed E-state index contributed by atoms with van der Waals surface area (Å²) in [5.41, 5.74) is 1.03. The summed E-state index contributed by atoms with van der Waals surface area (Å²) in [5, 5.41) is 140. The number of rotatable bonds is 30. The molecule has 9 unspecified atom stereocenters. The first kappa shape index (κ1) is 94.5. The van der Waals surface area contributed by atoms with Crippen molar-refractivity contribution in [2.75, 3.05) is 39.6 Å². The summed E-state index contributed by atoms with van der Waals surface area (Å²) >= 11 is 14.4. The van der Waals surface area contributed by atoms with Crippen molar-refractivity contribution < 1.29 is 132 Å². The van der Waals surface area contributed by atoms with Crippen LogP contribution in [0.1, 0.15) is 182 Å². The van der Waals surface area contributed by atoms with Gasteiger partial charge in [0.25, 0.3) is 0 Å². The number of unbranched alkanes of at least 4 members (excludes halogenated alkanes) is 7. The van der Waals surface area contributed by atoms with Gasteiger partial charge < -0.3 is 138 Å². The smallest absolute Gasteiger partial charge is 0.339 e. The van der Waals surface area contributed by atoms with Gasteiger partial charge in [0.15, 0.2) is 41.5 Å². The van der Waals surface area contributed by atoms with Crippen LogP contribution in [0.5, 0.6) is 46.0 Å². The molecule has 2 fully saturated rings. The van der Waals surface area contributed by atoms with E-state index in [1.807, 2.05) is 13.8 Å². The average Bonchev–Trinajstić information content (AvgIpc) is 1.36. The van der Waals surface area contributed by atoms with Gasteiger partial charge in [-0.05, 0) is 123 Å². The Morgan fingerprint density at radius 1 is 0.719 bits per heavy atom. The maximum Gasteiger partial charge on any atom is 0.339 e. The van der Waals surface area contributed by atoms with Crippen molar-refractivity contribution >= 4 is 77.9 Å². The topological polar surface area (TPSA) is 574 Å². The van der Waals surface area contributed by atoms with Gasteiger partial charge in [-0.1, -0.05) is 107 Å². The predicted octanol–water partition coefficient (Wildman–Crippen LogP) is 4.67. The Labute approximate surface area is 707 Å². The largest absolute Gasteiger partial charge is 0.507 e. The number of ether oxygens (including phenoxy) is 6. The molecule has 7 aliphatic heterocycles. The summed E-state index contributed by atoms with van der Waals surface area (Å²) in [4.78, 5) is 139. The molecule has 36 nitrogen and oxygen atoms in total. The molecule has 11 bridgehead atoms. The van der Waals surface area contributed by atoms with Crippen LogP contribution in [-0.4, -0.2) is 220 Å². The number of likely N-dealkylation sites (N-methyl/N-ethyl adjacent to an activating group) is 1. The van der Waals surface area contributed by atoms with Crippen molar-refractivity contribution in [2.24, 2.45) is 17.6 Å². The molecule has 121 heavy (non-hydrogen) atoms. The van der Waals surface area contributed by atoms with Crippen LogP contribution in [-0.2, 0) is 63.7 Å². The van der Waals surface area contributed by atoms with Gasteiger partial charge in [0.2, 0.25) is 41.6 Å². The molecule has 0 radical (unpaired) electrons. The minimum Gasteiger partial charge on any atom is -0.507 e. The Hall–Kier alpha value is -8.73. The molecule has 2 saturated heterocycles. The number of hydrogen-bond donors (Lipinski definition) is 21. The number of hydrogen-bond acceptors (Lipinski definition) is 28. The zero-order valence-electron chi connectivity index (χ0n) is 67.5. The number of aliphatic carboxylic acids is 1. The molecule has 5 aromatic rings. The maximum absolute atomic E-state index is 16.5. The number of aromatic hydroxyl groups is 3. The minimum absolute atomic E-state index is 0.102. The van der Waals surface area contributed by atoms with Crippen LogP contribution >= 0.6 is 30.8 Å². The van der Waals surface area contributed by atoms with Crippen LogP contribution in [0.2, 0.25) is 10.0 Å². The summed E-state index contributed by atoms with van der Waals surface area (Å²) in [6.45, 7) is 9.08. The van der Waals surface area contributed by atoms with E-state index in [4.69, 9.17) is 57.4 Å². The first-order valence-electron chi connectivity index (χ1n) is 40.2. The monoisotopic (exact) mass is 1750 g/mol.